The van der Waals surface area contributed by atoms with E-state index in [4.69, 9.17) is 5.11 Å². The van der Waals surface area contributed by atoms with Crippen molar-refractivity contribution in [1.82, 2.24) is 4.57 Å². The molecule has 0 aliphatic carbocycles. The van der Waals surface area contributed by atoms with Gasteiger partial charge in [-0.05, 0) is 13.0 Å². The number of aryl methyl sites for hydroxylation is 1. The number of carboxylic acids is 1. The Hall–Kier alpha value is -1.58. The molecule has 0 bridgehead atoms. The summed E-state index contributed by atoms with van der Waals surface area (Å²) >= 11 is 0. The van der Waals surface area contributed by atoms with Gasteiger partial charge in [0.25, 0.3) is 5.56 Å². The lowest BCUT2D eigenvalue weighted by atomic mass is 10.3. The van der Waals surface area contributed by atoms with Gasteiger partial charge in [0.15, 0.2) is 0 Å². The van der Waals surface area contributed by atoms with Crippen LogP contribution in [0.3, 0.4) is 0 Å². The zero-order valence-corrected chi connectivity index (χ0v) is 6.65. The highest BCUT2D eigenvalue weighted by atomic mass is 16.4. The van der Waals surface area contributed by atoms with E-state index in [1.807, 2.05) is 0 Å². The zero-order chi connectivity index (χ0) is 9.14. The fourth-order valence-electron chi connectivity index (χ4n) is 0.905. The van der Waals surface area contributed by atoms with Crippen LogP contribution in [0.4, 0.5) is 0 Å². The van der Waals surface area contributed by atoms with Crippen molar-refractivity contribution in [1.29, 1.82) is 0 Å². The third-order valence-electron chi connectivity index (χ3n) is 1.57. The second kappa shape index (κ2) is 3.21. The van der Waals surface area contributed by atoms with E-state index >= 15 is 0 Å². The molecule has 1 N–H and O–H groups in total. The lowest BCUT2D eigenvalue weighted by Crippen LogP contribution is -2.18. The Morgan fingerprint density at radius 1 is 1.58 bits per heavy atom. The predicted molar refractivity (Wildman–Crippen MR) is 43.3 cm³/mol. The zero-order valence-electron chi connectivity index (χ0n) is 6.65. The van der Waals surface area contributed by atoms with Crippen LogP contribution in [0.15, 0.2) is 23.1 Å². The van der Waals surface area contributed by atoms with Gasteiger partial charge in [-0.1, -0.05) is 0 Å². The van der Waals surface area contributed by atoms with E-state index in [2.05, 4.69) is 0 Å². The van der Waals surface area contributed by atoms with Crippen LogP contribution in [0.2, 0.25) is 0 Å². The van der Waals surface area contributed by atoms with E-state index in [1.165, 1.54) is 22.9 Å². The number of aromatic carboxylic acids is 1. The Kier molecular flexibility index (Phi) is 2.28. The number of hydrogen-bond acceptors (Lipinski definition) is 2. The first-order valence-corrected chi connectivity index (χ1v) is 3.59. The fourth-order valence-corrected chi connectivity index (χ4v) is 0.905. The molecule has 0 fully saturated rings. The van der Waals surface area contributed by atoms with Gasteiger partial charge in [0, 0.05) is 18.8 Å². The quantitative estimate of drug-likeness (QED) is 0.700. The smallest absolute Gasteiger partial charge is 0.337 e. The number of carbonyl (C=O) groups is 1. The molecule has 1 aromatic heterocycles. The van der Waals surface area contributed by atoms with Crippen LogP contribution in [-0.2, 0) is 6.54 Å². The molecular formula is C8H9NO3. The highest BCUT2D eigenvalue weighted by molar-refractivity contribution is 5.87. The maximum absolute atomic E-state index is 11.0. The van der Waals surface area contributed by atoms with Crippen molar-refractivity contribution >= 4 is 5.97 Å². The summed E-state index contributed by atoms with van der Waals surface area (Å²) in [5.74, 6) is -1.02. The number of rotatable bonds is 2. The van der Waals surface area contributed by atoms with Crippen molar-refractivity contribution in [2.24, 2.45) is 0 Å². The van der Waals surface area contributed by atoms with Crippen LogP contribution in [0, 0.1) is 0 Å². The summed E-state index contributed by atoms with van der Waals surface area (Å²) in [7, 11) is 0. The molecule has 12 heavy (non-hydrogen) atoms. The Bertz CT molecular complexity index is 354. The summed E-state index contributed by atoms with van der Waals surface area (Å²) in [4.78, 5) is 21.5. The number of aromatic nitrogens is 1. The molecular weight excluding hydrogens is 158 g/mol. The lowest BCUT2D eigenvalue weighted by Gasteiger charge is -2.01. The molecule has 1 aromatic rings. The minimum absolute atomic E-state index is 0.136. The Morgan fingerprint density at radius 2 is 2.25 bits per heavy atom. The summed E-state index contributed by atoms with van der Waals surface area (Å²) < 4.78 is 1.35. The van der Waals surface area contributed by atoms with Gasteiger partial charge in [0.2, 0.25) is 0 Å². The van der Waals surface area contributed by atoms with E-state index in [-0.39, 0.29) is 11.1 Å². The molecule has 0 aliphatic heterocycles. The topological polar surface area (TPSA) is 59.3 Å². The lowest BCUT2D eigenvalue weighted by molar-refractivity contribution is 0.0696. The molecule has 0 aromatic carbocycles. The minimum Gasteiger partial charge on any atom is -0.478 e. The van der Waals surface area contributed by atoms with Gasteiger partial charge >= 0.3 is 5.97 Å². The second-order valence-electron chi connectivity index (χ2n) is 2.35. The van der Waals surface area contributed by atoms with Crippen molar-refractivity contribution in [2.75, 3.05) is 0 Å². The molecule has 1 heterocycles. The highest BCUT2D eigenvalue weighted by Gasteiger charge is 2.03. The summed E-state index contributed by atoms with van der Waals surface area (Å²) in [5.41, 5.74) is -0.0426. The van der Waals surface area contributed by atoms with Gasteiger partial charge in [-0.15, -0.1) is 0 Å². The number of carboxylic acid groups (broad SMARTS) is 1. The standard InChI is InChI=1S/C8H9NO3/c1-2-9-5-6(8(11)12)3-4-7(9)10/h3-5H,2H2,1H3,(H,11,12). The van der Waals surface area contributed by atoms with Gasteiger partial charge in [0.05, 0.1) is 5.56 Å². The van der Waals surface area contributed by atoms with Crippen molar-refractivity contribution in [3.8, 4) is 0 Å². The van der Waals surface area contributed by atoms with Gasteiger partial charge < -0.3 is 9.67 Å². The first kappa shape index (κ1) is 8.52. The Labute approximate surface area is 69.1 Å². The largest absolute Gasteiger partial charge is 0.478 e. The molecule has 64 valence electrons. The average molecular weight is 167 g/mol. The third-order valence-corrected chi connectivity index (χ3v) is 1.57. The van der Waals surface area contributed by atoms with Crippen molar-refractivity contribution < 1.29 is 9.90 Å². The van der Waals surface area contributed by atoms with Gasteiger partial charge in [-0.25, -0.2) is 4.79 Å². The molecule has 0 spiro atoms. The minimum atomic E-state index is -1.02. The van der Waals surface area contributed by atoms with Crippen LogP contribution >= 0.6 is 0 Å². The fraction of sp³-hybridized carbons (Fsp3) is 0.250. The summed E-state index contributed by atoms with van der Waals surface area (Å²) in [6.07, 6.45) is 1.34. The first-order chi connectivity index (χ1) is 5.65. The van der Waals surface area contributed by atoms with Gasteiger partial charge in [-0.3, -0.25) is 4.79 Å². The van der Waals surface area contributed by atoms with E-state index in [0.717, 1.165) is 0 Å². The molecule has 0 saturated carbocycles. The SMILES string of the molecule is CCn1cc(C(=O)O)ccc1=O. The average Bonchev–Trinajstić information content (AvgIpc) is 2.05. The van der Waals surface area contributed by atoms with Crippen molar-refractivity contribution in [3.63, 3.8) is 0 Å². The Morgan fingerprint density at radius 3 is 2.75 bits per heavy atom. The van der Waals surface area contributed by atoms with E-state index in [0.29, 0.717) is 6.54 Å². The Balaban J connectivity index is 3.23. The summed E-state index contributed by atoms with van der Waals surface area (Å²) in [6, 6.07) is 2.56. The monoisotopic (exact) mass is 167 g/mol. The molecule has 4 nitrogen and oxygen atoms in total. The number of nitrogens with zero attached hydrogens (tertiary/aromatic N) is 1. The number of pyridine rings is 1. The van der Waals surface area contributed by atoms with Crippen LogP contribution < -0.4 is 5.56 Å². The molecule has 0 atom stereocenters. The molecule has 1 rings (SSSR count). The van der Waals surface area contributed by atoms with Gasteiger partial charge in [-0.2, -0.15) is 0 Å². The molecule has 0 radical (unpaired) electrons. The second-order valence-corrected chi connectivity index (χ2v) is 2.35. The van der Waals surface area contributed by atoms with Crippen LogP contribution in [-0.4, -0.2) is 15.6 Å². The number of hydrogen-bond donors (Lipinski definition) is 1. The van der Waals surface area contributed by atoms with Crippen LogP contribution in [0.25, 0.3) is 0 Å². The molecule has 0 unspecified atom stereocenters. The van der Waals surface area contributed by atoms with Gasteiger partial charge in [0.1, 0.15) is 0 Å². The normalized spacial score (nSPS) is 9.75. The maximum Gasteiger partial charge on any atom is 0.337 e. The third kappa shape index (κ3) is 1.53. The van der Waals surface area contributed by atoms with E-state index in [9.17, 15) is 9.59 Å². The van der Waals surface area contributed by atoms with Crippen LogP contribution in [0.1, 0.15) is 17.3 Å². The maximum atomic E-state index is 11.0. The van der Waals surface area contributed by atoms with Crippen LogP contribution in [0.5, 0.6) is 0 Å². The molecule has 0 amide bonds. The first-order valence-electron chi connectivity index (χ1n) is 3.59. The van der Waals surface area contributed by atoms with E-state index in [1.54, 1.807) is 6.92 Å². The molecule has 0 aliphatic rings. The summed E-state index contributed by atoms with van der Waals surface area (Å²) in [5, 5.41) is 8.58. The molecule has 4 heteroatoms. The summed E-state index contributed by atoms with van der Waals surface area (Å²) in [6.45, 7) is 2.27. The van der Waals surface area contributed by atoms with Crippen molar-refractivity contribution in [3.05, 3.63) is 34.2 Å². The molecule has 0 saturated heterocycles. The predicted octanol–water partition coefficient (Wildman–Crippen LogP) is 0.566. The van der Waals surface area contributed by atoms with Crippen molar-refractivity contribution in [2.45, 2.75) is 13.5 Å². The van der Waals surface area contributed by atoms with E-state index < -0.39 is 5.97 Å². The highest BCUT2D eigenvalue weighted by Crippen LogP contribution is 1.94.